The third kappa shape index (κ3) is 4.92. The maximum atomic E-state index is 15.2. The monoisotopic (exact) mass is 466 g/mol. The van der Waals surface area contributed by atoms with Crippen LogP contribution in [0.4, 0.5) is 0 Å². The molecule has 0 atom stereocenters. The van der Waals surface area contributed by atoms with Crippen molar-refractivity contribution in [1.82, 2.24) is 9.78 Å². The van der Waals surface area contributed by atoms with Gasteiger partial charge in [0, 0.05) is 10.6 Å². The van der Waals surface area contributed by atoms with Crippen LogP contribution >= 0.6 is 7.14 Å². The van der Waals surface area contributed by atoms with E-state index in [1.165, 1.54) is 0 Å². The van der Waals surface area contributed by atoms with Crippen LogP contribution in [-0.4, -0.2) is 9.78 Å². The number of hydrogen-bond acceptors (Lipinski definition) is 2. The van der Waals surface area contributed by atoms with Crippen molar-refractivity contribution in [2.75, 3.05) is 0 Å². The van der Waals surface area contributed by atoms with Gasteiger partial charge in [0.2, 0.25) is 0 Å². The first-order valence-corrected chi connectivity index (χ1v) is 13.6. The lowest BCUT2D eigenvalue weighted by molar-refractivity contribution is 0.586. The Morgan fingerprint density at radius 1 is 0.824 bits per heavy atom. The number of rotatable bonds is 8. The van der Waals surface area contributed by atoms with Crippen LogP contribution in [0.1, 0.15) is 32.4 Å². The Morgan fingerprint density at radius 3 is 1.82 bits per heavy atom. The number of aromatic nitrogens is 2. The van der Waals surface area contributed by atoms with Gasteiger partial charge in [-0.15, -0.1) is 5.73 Å². The van der Waals surface area contributed by atoms with Gasteiger partial charge in [-0.1, -0.05) is 105 Å². The predicted octanol–water partition coefficient (Wildman–Crippen LogP) is 7.10. The van der Waals surface area contributed by atoms with E-state index in [2.05, 4.69) is 37.8 Å². The molecule has 34 heavy (non-hydrogen) atoms. The highest BCUT2D eigenvalue weighted by molar-refractivity contribution is 7.82. The SMILES string of the molecule is CCC(=C=C(Cn1nc(C)cc1-c1ccccc1)P(=O)(c1ccccc1)c1ccccc1)CC. The lowest BCUT2D eigenvalue weighted by Crippen LogP contribution is -2.20. The van der Waals surface area contributed by atoms with E-state index in [0.29, 0.717) is 6.54 Å². The third-order valence-electron chi connectivity index (χ3n) is 6.07. The molecule has 0 radical (unpaired) electrons. The summed E-state index contributed by atoms with van der Waals surface area (Å²) in [5.41, 5.74) is 7.83. The Bertz CT molecular complexity index is 1300. The highest BCUT2D eigenvalue weighted by Gasteiger charge is 2.33. The van der Waals surface area contributed by atoms with Crippen LogP contribution in [0.25, 0.3) is 11.3 Å². The van der Waals surface area contributed by atoms with E-state index >= 15 is 4.57 Å². The van der Waals surface area contributed by atoms with Gasteiger partial charge in [0.25, 0.3) is 0 Å². The quantitative estimate of drug-likeness (QED) is 0.205. The summed E-state index contributed by atoms with van der Waals surface area (Å²) in [5.74, 6) is 0. The molecule has 1 aromatic heterocycles. The van der Waals surface area contributed by atoms with Gasteiger partial charge in [0.1, 0.15) is 0 Å². The first-order chi connectivity index (χ1) is 16.6. The summed E-state index contributed by atoms with van der Waals surface area (Å²) >= 11 is 0. The minimum atomic E-state index is -3.16. The fraction of sp³-hybridized carbons (Fsp3) is 0.200. The van der Waals surface area contributed by atoms with E-state index in [9.17, 15) is 0 Å². The van der Waals surface area contributed by atoms with E-state index in [-0.39, 0.29) is 0 Å². The standard InChI is InChI=1S/C30H31N2OP/c1-4-25(5-2)22-29(23-32-30(21-24(3)31-32)26-15-9-6-10-16-26)34(33,27-17-11-7-12-18-27)28-19-13-8-14-20-28/h6-21H,4-5,23H2,1-3H3. The van der Waals surface area contributed by atoms with Crippen molar-refractivity contribution in [2.24, 2.45) is 0 Å². The largest absolute Gasteiger partial charge is 0.308 e. The van der Waals surface area contributed by atoms with Crippen molar-refractivity contribution in [3.05, 3.63) is 119 Å². The highest BCUT2D eigenvalue weighted by Crippen LogP contribution is 2.52. The third-order valence-corrected chi connectivity index (χ3v) is 9.13. The van der Waals surface area contributed by atoms with Gasteiger partial charge in [-0.3, -0.25) is 4.68 Å². The molecule has 3 nitrogen and oxygen atoms in total. The van der Waals surface area contributed by atoms with Gasteiger partial charge in [-0.2, -0.15) is 5.10 Å². The molecule has 1 heterocycles. The summed E-state index contributed by atoms with van der Waals surface area (Å²) in [6.45, 7) is 6.67. The summed E-state index contributed by atoms with van der Waals surface area (Å²) in [5, 5.41) is 7.23. The normalized spacial score (nSPS) is 11.1. The Morgan fingerprint density at radius 2 is 1.32 bits per heavy atom. The summed E-state index contributed by atoms with van der Waals surface area (Å²) in [6, 6.07) is 32.0. The number of aryl methyl sites for hydroxylation is 1. The molecule has 0 aliphatic carbocycles. The Balaban J connectivity index is 1.97. The molecule has 0 saturated carbocycles. The molecule has 0 saturated heterocycles. The highest BCUT2D eigenvalue weighted by atomic mass is 31.2. The second-order valence-corrected chi connectivity index (χ2v) is 11.1. The van der Waals surface area contributed by atoms with Crippen molar-refractivity contribution >= 4 is 17.8 Å². The van der Waals surface area contributed by atoms with Crippen molar-refractivity contribution in [3.8, 4) is 11.3 Å². The minimum Gasteiger partial charge on any atom is -0.308 e. The predicted molar refractivity (Wildman–Crippen MR) is 143 cm³/mol. The maximum absolute atomic E-state index is 15.2. The average molecular weight is 467 g/mol. The molecule has 0 bridgehead atoms. The fourth-order valence-electron chi connectivity index (χ4n) is 4.23. The van der Waals surface area contributed by atoms with Gasteiger partial charge in [-0.25, -0.2) is 0 Å². The second kappa shape index (κ2) is 10.7. The van der Waals surface area contributed by atoms with Crippen LogP contribution in [0.15, 0.2) is 114 Å². The van der Waals surface area contributed by atoms with Gasteiger partial charge in [0.05, 0.1) is 23.2 Å². The number of benzene rings is 3. The van der Waals surface area contributed by atoms with Crippen molar-refractivity contribution in [1.29, 1.82) is 0 Å². The van der Waals surface area contributed by atoms with Crippen LogP contribution in [0.3, 0.4) is 0 Å². The topological polar surface area (TPSA) is 34.9 Å². The molecule has 0 fully saturated rings. The summed E-state index contributed by atoms with van der Waals surface area (Å²) in [7, 11) is -3.16. The Labute approximate surface area is 202 Å². The molecule has 4 heteroatoms. The zero-order valence-corrected chi connectivity index (χ0v) is 21.0. The van der Waals surface area contributed by atoms with E-state index in [4.69, 9.17) is 5.10 Å². The molecule has 0 amide bonds. The Kier molecular flexibility index (Phi) is 7.48. The van der Waals surface area contributed by atoms with Crippen LogP contribution < -0.4 is 10.6 Å². The Hall–Kier alpha value is -3.38. The number of nitrogens with zero attached hydrogens (tertiary/aromatic N) is 2. The first-order valence-electron chi connectivity index (χ1n) is 11.9. The molecule has 4 rings (SSSR count). The molecule has 172 valence electrons. The molecule has 0 aliphatic rings. The average Bonchev–Trinajstić information content (AvgIpc) is 3.27. The van der Waals surface area contributed by atoms with Crippen LogP contribution in [-0.2, 0) is 11.1 Å². The van der Waals surface area contributed by atoms with Gasteiger partial charge < -0.3 is 4.57 Å². The molecule has 4 aromatic rings. The van der Waals surface area contributed by atoms with E-state index in [1.807, 2.05) is 90.5 Å². The lowest BCUT2D eigenvalue weighted by Gasteiger charge is -2.22. The lowest BCUT2D eigenvalue weighted by atomic mass is 10.1. The van der Waals surface area contributed by atoms with Gasteiger partial charge >= 0.3 is 0 Å². The molecular weight excluding hydrogens is 435 g/mol. The number of allylic oxidation sites excluding steroid dienone is 1. The zero-order chi connectivity index (χ0) is 24.0. The molecule has 0 unspecified atom stereocenters. The molecular formula is C30H31N2OP. The van der Waals surface area contributed by atoms with E-state index in [0.717, 1.165) is 51.3 Å². The first kappa shape index (κ1) is 23.8. The van der Waals surface area contributed by atoms with E-state index < -0.39 is 7.14 Å². The van der Waals surface area contributed by atoms with Gasteiger partial charge in [0.15, 0.2) is 7.14 Å². The minimum absolute atomic E-state index is 0.405. The molecule has 0 spiro atoms. The maximum Gasteiger partial charge on any atom is 0.176 e. The number of hydrogen-bond donors (Lipinski definition) is 0. The summed E-state index contributed by atoms with van der Waals surface area (Å²) < 4.78 is 17.2. The van der Waals surface area contributed by atoms with Crippen LogP contribution in [0.5, 0.6) is 0 Å². The fourth-order valence-corrected chi connectivity index (χ4v) is 6.99. The van der Waals surface area contributed by atoms with Crippen molar-refractivity contribution < 1.29 is 4.57 Å². The van der Waals surface area contributed by atoms with Crippen LogP contribution in [0.2, 0.25) is 0 Å². The summed E-state index contributed by atoms with van der Waals surface area (Å²) in [4.78, 5) is 0. The van der Waals surface area contributed by atoms with E-state index in [1.54, 1.807) is 0 Å². The van der Waals surface area contributed by atoms with Crippen molar-refractivity contribution in [2.45, 2.75) is 40.2 Å². The van der Waals surface area contributed by atoms with Gasteiger partial charge in [-0.05, 0) is 37.0 Å². The van der Waals surface area contributed by atoms with Crippen molar-refractivity contribution in [3.63, 3.8) is 0 Å². The molecule has 3 aromatic carbocycles. The zero-order valence-electron chi connectivity index (χ0n) is 20.1. The van der Waals surface area contributed by atoms with Crippen LogP contribution in [0, 0.1) is 6.92 Å². The smallest absolute Gasteiger partial charge is 0.176 e. The summed E-state index contributed by atoms with van der Waals surface area (Å²) in [6.07, 6.45) is 1.74. The molecule has 0 N–H and O–H groups in total. The molecule has 0 aliphatic heterocycles. The second-order valence-electron chi connectivity index (χ2n) is 8.36.